The van der Waals surface area contributed by atoms with Gasteiger partial charge in [0.05, 0.1) is 13.3 Å². The first-order valence-electron chi connectivity index (χ1n) is 9.17. The average molecular weight is 352 g/mol. The molecular weight excluding hydrogens is 324 g/mol. The van der Waals surface area contributed by atoms with Crippen molar-refractivity contribution >= 4 is 24.2 Å². The molecule has 2 aliphatic heterocycles. The van der Waals surface area contributed by atoms with Gasteiger partial charge in [0.15, 0.2) is 0 Å². The highest BCUT2D eigenvalue weighted by Crippen LogP contribution is 2.26. The molecule has 3 rings (SSSR count). The molecule has 0 spiro atoms. The molecule has 0 bridgehead atoms. The van der Waals surface area contributed by atoms with Crippen LogP contribution in [0.2, 0.25) is 0 Å². The van der Waals surface area contributed by atoms with E-state index in [0.717, 1.165) is 54.2 Å². The van der Waals surface area contributed by atoms with Crippen molar-refractivity contribution in [1.29, 1.82) is 0 Å². The second-order valence-corrected chi connectivity index (χ2v) is 6.72. The van der Waals surface area contributed by atoms with E-state index in [-0.39, 0.29) is 5.92 Å². The largest absolute Gasteiger partial charge is 0.499 e. The number of anilines is 1. The molecule has 5 nitrogen and oxygen atoms in total. The van der Waals surface area contributed by atoms with Crippen LogP contribution in [0.3, 0.4) is 0 Å². The summed E-state index contributed by atoms with van der Waals surface area (Å²) >= 11 is 0. The minimum atomic E-state index is 0.187. The number of nitrogens with zero attached hydrogens (tertiary/aromatic N) is 1. The van der Waals surface area contributed by atoms with Crippen molar-refractivity contribution in [3.63, 3.8) is 0 Å². The smallest absolute Gasteiger partial charge is 0.115 e. The molecule has 2 aliphatic rings. The Morgan fingerprint density at radius 1 is 1.35 bits per heavy atom. The first-order chi connectivity index (χ1) is 12.7. The summed E-state index contributed by atoms with van der Waals surface area (Å²) in [6, 6.07) is 4.83. The third kappa shape index (κ3) is 4.17. The van der Waals surface area contributed by atoms with E-state index in [1.165, 1.54) is 5.56 Å². The van der Waals surface area contributed by atoms with Gasteiger partial charge in [0, 0.05) is 41.7 Å². The average Bonchev–Trinajstić information content (AvgIpc) is 2.69. The predicted octanol–water partition coefficient (Wildman–Crippen LogP) is 1.56. The van der Waals surface area contributed by atoms with Gasteiger partial charge in [-0.1, -0.05) is 24.8 Å². The Morgan fingerprint density at radius 3 is 2.85 bits per heavy atom. The van der Waals surface area contributed by atoms with Crippen molar-refractivity contribution in [1.82, 2.24) is 5.32 Å². The van der Waals surface area contributed by atoms with Gasteiger partial charge in [-0.15, -0.1) is 0 Å². The molecule has 138 valence electrons. The van der Waals surface area contributed by atoms with Crippen molar-refractivity contribution in [3.8, 4) is 0 Å². The molecule has 4 N–H and O–H groups in total. The van der Waals surface area contributed by atoms with Crippen molar-refractivity contribution < 1.29 is 4.74 Å². The zero-order valence-corrected chi connectivity index (χ0v) is 15.4. The maximum atomic E-state index is 5.97. The monoisotopic (exact) mass is 352 g/mol. The van der Waals surface area contributed by atoms with Gasteiger partial charge in [-0.05, 0) is 42.8 Å². The fourth-order valence-electron chi connectivity index (χ4n) is 3.56. The van der Waals surface area contributed by atoms with Crippen LogP contribution in [0.5, 0.6) is 0 Å². The van der Waals surface area contributed by atoms with E-state index < -0.39 is 0 Å². The molecule has 2 heterocycles. The maximum Gasteiger partial charge on any atom is 0.115 e. The van der Waals surface area contributed by atoms with Gasteiger partial charge >= 0.3 is 0 Å². The van der Waals surface area contributed by atoms with E-state index in [0.29, 0.717) is 6.04 Å². The third-order valence-corrected chi connectivity index (χ3v) is 4.99. The summed E-state index contributed by atoms with van der Waals surface area (Å²) in [6.07, 6.45) is 12.3. The summed E-state index contributed by atoms with van der Waals surface area (Å²) < 4.78 is 5.39. The number of methoxy groups -OCH3 is 1. The topological polar surface area (TPSA) is 71.7 Å². The van der Waals surface area contributed by atoms with Gasteiger partial charge in [-0.25, -0.2) is 0 Å². The fraction of sp³-hybridized carbons (Fsp3) is 0.381. The van der Waals surface area contributed by atoms with Crippen LogP contribution in [-0.4, -0.2) is 32.5 Å². The number of nitrogens with one attached hydrogen (secondary N) is 2. The second-order valence-electron chi connectivity index (χ2n) is 6.72. The number of hydrogen-bond acceptors (Lipinski definition) is 5. The zero-order valence-electron chi connectivity index (χ0n) is 15.4. The van der Waals surface area contributed by atoms with Crippen LogP contribution in [-0.2, 0) is 4.74 Å². The molecule has 1 atom stereocenters. The first-order valence-corrected chi connectivity index (χ1v) is 9.17. The Hall–Kier alpha value is -2.53. The zero-order chi connectivity index (χ0) is 18.4. The fourth-order valence-corrected chi connectivity index (χ4v) is 3.56. The van der Waals surface area contributed by atoms with Crippen LogP contribution in [0.1, 0.15) is 30.7 Å². The van der Waals surface area contributed by atoms with Crippen LogP contribution in [0.4, 0.5) is 5.69 Å². The summed E-state index contributed by atoms with van der Waals surface area (Å²) in [5.41, 5.74) is 8.25. The number of aliphatic imine (C=N–C) groups is 1. The molecule has 26 heavy (non-hydrogen) atoms. The van der Waals surface area contributed by atoms with Crippen LogP contribution in [0, 0.1) is 0 Å². The number of piperidine rings is 1. The lowest BCUT2D eigenvalue weighted by atomic mass is 9.92. The number of nitrogens with two attached hydrogens (primary N) is 1. The SMILES string of the molecule is C=C/C=c1/cc(C2C=NC=C(OC)C2)cc(NC2CCNCC2)/c1=C/N. The lowest BCUT2D eigenvalue weighted by Crippen LogP contribution is -2.38. The molecule has 0 amide bonds. The van der Waals surface area contributed by atoms with Gasteiger partial charge in [0.2, 0.25) is 0 Å². The van der Waals surface area contributed by atoms with Gasteiger partial charge in [-0.3, -0.25) is 4.99 Å². The van der Waals surface area contributed by atoms with Gasteiger partial charge < -0.3 is 21.1 Å². The van der Waals surface area contributed by atoms with Crippen LogP contribution in [0.25, 0.3) is 12.3 Å². The molecule has 0 aromatic heterocycles. The molecule has 0 radical (unpaired) electrons. The quantitative estimate of drug-likeness (QED) is 0.752. The lowest BCUT2D eigenvalue weighted by Gasteiger charge is -2.26. The summed E-state index contributed by atoms with van der Waals surface area (Å²) in [7, 11) is 1.69. The highest BCUT2D eigenvalue weighted by atomic mass is 16.5. The van der Waals surface area contributed by atoms with Crippen LogP contribution >= 0.6 is 0 Å². The summed E-state index contributed by atoms with van der Waals surface area (Å²) in [5, 5.41) is 9.20. The molecule has 1 aromatic carbocycles. The van der Waals surface area contributed by atoms with Crippen LogP contribution < -0.4 is 26.8 Å². The number of benzene rings is 1. The van der Waals surface area contributed by atoms with Crippen molar-refractivity contribution in [2.24, 2.45) is 10.7 Å². The predicted molar refractivity (Wildman–Crippen MR) is 109 cm³/mol. The Labute approximate surface area is 155 Å². The molecule has 1 unspecified atom stereocenters. The van der Waals surface area contributed by atoms with Crippen molar-refractivity contribution in [2.75, 3.05) is 25.5 Å². The van der Waals surface area contributed by atoms with E-state index in [9.17, 15) is 0 Å². The van der Waals surface area contributed by atoms with E-state index >= 15 is 0 Å². The molecule has 5 heteroatoms. The van der Waals surface area contributed by atoms with Crippen molar-refractivity contribution in [3.05, 3.63) is 52.7 Å². The lowest BCUT2D eigenvalue weighted by molar-refractivity contribution is 0.273. The van der Waals surface area contributed by atoms with Crippen molar-refractivity contribution in [2.45, 2.75) is 31.2 Å². The Kier molecular flexibility index (Phi) is 6.12. The highest BCUT2D eigenvalue weighted by molar-refractivity contribution is 5.71. The molecule has 0 aliphatic carbocycles. The normalized spacial score (nSPS) is 22.2. The number of hydrogen-bond donors (Lipinski definition) is 3. The number of ether oxygens (including phenoxy) is 1. The van der Waals surface area contributed by atoms with E-state index in [2.05, 4.69) is 34.3 Å². The second kappa shape index (κ2) is 8.72. The molecule has 1 saturated heterocycles. The Morgan fingerprint density at radius 2 is 2.15 bits per heavy atom. The van der Waals surface area contributed by atoms with E-state index in [1.54, 1.807) is 25.6 Å². The number of rotatable bonds is 5. The minimum absolute atomic E-state index is 0.187. The molecular formula is C21H28N4O. The molecule has 1 fully saturated rings. The molecule has 1 aromatic rings. The van der Waals surface area contributed by atoms with Gasteiger partial charge in [-0.2, -0.15) is 0 Å². The first kappa shape index (κ1) is 18.3. The summed E-state index contributed by atoms with van der Waals surface area (Å²) in [6.45, 7) is 5.94. The third-order valence-electron chi connectivity index (χ3n) is 4.99. The van der Waals surface area contributed by atoms with E-state index in [1.807, 2.05) is 12.3 Å². The highest BCUT2D eigenvalue weighted by Gasteiger charge is 2.18. The van der Waals surface area contributed by atoms with Gasteiger partial charge in [0.1, 0.15) is 5.76 Å². The number of allylic oxidation sites excluding steroid dienone is 2. The van der Waals surface area contributed by atoms with Gasteiger partial charge in [0.25, 0.3) is 0 Å². The summed E-state index contributed by atoms with van der Waals surface area (Å²) in [4.78, 5) is 4.35. The van der Waals surface area contributed by atoms with E-state index in [4.69, 9.17) is 10.5 Å². The minimum Gasteiger partial charge on any atom is -0.499 e. The maximum absolute atomic E-state index is 5.97. The Balaban J connectivity index is 2.00. The Bertz CT molecular complexity index is 819. The standard InChI is InChI=1S/C21H28N4O/c1-3-4-15-9-16(17-10-19(26-2)14-24-13-17)11-21(20(15)12-22)25-18-5-7-23-8-6-18/h3-4,9,11-14,17-18,23,25H,1,5-8,10,22H2,2H3/b15-4-,20-12+. The molecule has 0 saturated carbocycles. The summed E-state index contributed by atoms with van der Waals surface area (Å²) in [5.74, 6) is 1.08. The van der Waals surface area contributed by atoms with Crippen LogP contribution in [0.15, 0.2) is 41.7 Å².